The third kappa shape index (κ3) is 3.51. The second kappa shape index (κ2) is 6.49. The number of hydrogen-bond donors (Lipinski definition) is 1. The Balaban J connectivity index is 1.27. The fourth-order valence-corrected chi connectivity index (χ4v) is 3.54. The summed E-state index contributed by atoms with van der Waals surface area (Å²) in [5, 5.41) is 3.06. The van der Waals surface area contributed by atoms with Crippen LogP contribution < -0.4 is 5.32 Å². The zero-order chi connectivity index (χ0) is 15.6. The van der Waals surface area contributed by atoms with E-state index >= 15 is 0 Å². The van der Waals surface area contributed by atoms with E-state index < -0.39 is 0 Å². The molecule has 1 aromatic carbocycles. The number of morpholine rings is 1. The first-order chi connectivity index (χ1) is 11.3. The van der Waals surface area contributed by atoms with E-state index in [-0.39, 0.29) is 6.03 Å². The van der Waals surface area contributed by atoms with Gasteiger partial charge in [-0.25, -0.2) is 4.79 Å². The van der Waals surface area contributed by atoms with E-state index in [0.29, 0.717) is 12.6 Å². The van der Waals surface area contributed by atoms with E-state index in [2.05, 4.69) is 34.5 Å². The summed E-state index contributed by atoms with van der Waals surface area (Å²) in [6.07, 6.45) is 2.65. The maximum absolute atomic E-state index is 12.4. The van der Waals surface area contributed by atoms with Crippen LogP contribution in [0.25, 0.3) is 0 Å². The number of hydrogen-bond acceptors (Lipinski definition) is 3. The summed E-state index contributed by atoms with van der Waals surface area (Å²) in [6, 6.07) is 9.10. The number of urea groups is 1. The topological polar surface area (TPSA) is 44.8 Å². The zero-order valence-corrected chi connectivity index (χ0v) is 13.5. The van der Waals surface area contributed by atoms with Crippen molar-refractivity contribution in [3.05, 3.63) is 35.4 Å². The number of rotatable bonds is 3. The SMILES string of the molecule is O=C(NCc1ccc(C2CC2)cc1)N1CCN2CCOC[C@@H]2C1. The van der Waals surface area contributed by atoms with E-state index in [1.54, 1.807) is 0 Å². The van der Waals surface area contributed by atoms with Gasteiger partial charge in [0.2, 0.25) is 0 Å². The second-order valence-corrected chi connectivity index (χ2v) is 6.89. The molecule has 2 heterocycles. The van der Waals surface area contributed by atoms with Crippen LogP contribution in [0.5, 0.6) is 0 Å². The maximum atomic E-state index is 12.4. The molecule has 5 nitrogen and oxygen atoms in total. The largest absolute Gasteiger partial charge is 0.378 e. The van der Waals surface area contributed by atoms with Gasteiger partial charge in [-0.2, -0.15) is 0 Å². The van der Waals surface area contributed by atoms with Crippen molar-refractivity contribution >= 4 is 6.03 Å². The fraction of sp³-hybridized carbons (Fsp3) is 0.611. The Morgan fingerprint density at radius 2 is 2.00 bits per heavy atom. The van der Waals surface area contributed by atoms with Gasteiger partial charge in [0.1, 0.15) is 0 Å². The minimum absolute atomic E-state index is 0.0430. The lowest BCUT2D eigenvalue weighted by molar-refractivity contribution is -0.0365. The molecule has 0 bridgehead atoms. The van der Waals surface area contributed by atoms with Crippen LogP contribution in [0, 0.1) is 0 Å². The van der Waals surface area contributed by atoms with E-state index in [9.17, 15) is 4.79 Å². The summed E-state index contributed by atoms with van der Waals surface area (Å²) in [7, 11) is 0. The van der Waals surface area contributed by atoms with Crippen LogP contribution in [0.3, 0.4) is 0 Å². The predicted molar refractivity (Wildman–Crippen MR) is 88.4 cm³/mol. The number of fused-ring (bicyclic) bond motifs is 1. The molecule has 3 fully saturated rings. The Labute approximate surface area is 137 Å². The number of ether oxygens (including phenoxy) is 1. The van der Waals surface area contributed by atoms with Crippen molar-refractivity contribution in [2.24, 2.45) is 0 Å². The van der Waals surface area contributed by atoms with Crippen molar-refractivity contribution in [2.45, 2.75) is 31.3 Å². The number of nitrogens with one attached hydrogen (secondary N) is 1. The van der Waals surface area contributed by atoms with Gasteiger partial charge in [-0.15, -0.1) is 0 Å². The summed E-state index contributed by atoms with van der Waals surface area (Å²) in [5.74, 6) is 0.785. The molecule has 124 valence electrons. The Morgan fingerprint density at radius 3 is 2.78 bits per heavy atom. The third-order valence-corrected chi connectivity index (χ3v) is 5.20. The molecule has 23 heavy (non-hydrogen) atoms. The van der Waals surface area contributed by atoms with Gasteiger partial charge in [0, 0.05) is 32.7 Å². The summed E-state index contributed by atoms with van der Waals surface area (Å²) >= 11 is 0. The third-order valence-electron chi connectivity index (χ3n) is 5.20. The van der Waals surface area contributed by atoms with Gasteiger partial charge < -0.3 is 15.0 Å². The maximum Gasteiger partial charge on any atom is 0.317 e. The van der Waals surface area contributed by atoms with E-state index in [1.165, 1.54) is 24.0 Å². The van der Waals surface area contributed by atoms with Crippen LogP contribution in [0.1, 0.15) is 29.9 Å². The molecule has 0 radical (unpaired) electrons. The highest BCUT2D eigenvalue weighted by molar-refractivity contribution is 5.74. The average molecular weight is 315 g/mol. The van der Waals surface area contributed by atoms with Crippen molar-refractivity contribution in [1.29, 1.82) is 0 Å². The summed E-state index contributed by atoms with van der Waals surface area (Å²) in [4.78, 5) is 16.7. The van der Waals surface area contributed by atoms with Crippen LogP contribution >= 0.6 is 0 Å². The molecule has 3 aliphatic rings. The number of carbonyl (C=O) groups is 1. The number of amides is 2. The molecule has 1 aliphatic carbocycles. The Morgan fingerprint density at radius 1 is 1.17 bits per heavy atom. The number of piperazine rings is 1. The second-order valence-electron chi connectivity index (χ2n) is 6.89. The highest BCUT2D eigenvalue weighted by Crippen LogP contribution is 2.39. The number of nitrogens with zero attached hydrogens (tertiary/aromatic N) is 2. The van der Waals surface area contributed by atoms with Gasteiger partial charge in [-0.05, 0) is 29.9 Å². The van der Waals surface area contributed by atoms with Crippen LogP contribution in [-0.2, 0) is 11.3 Å². The van der Waals surface area contributed by atoms with Gasteiger partial charge >= 0.3 is 6.03 Å². The molecule has 1 saturated carbocycles. The molecule has 2 saturated heterocycles. The molecular weight excluding hydrogens is 290 g/mol. The lowest BCUT2D eigenvalue weighted by Crippen LogP contribution is -2.60. The number of benzene rings is 1. The van der Waals surface area contributed by atoms with Gasteiger partial charge in [-0.3, -0.25) is 4.90 Å². The molecule has 0 unspecified atom stereocenters. The lowest BCUT2D eigenvalue weighted by atomic mass is 10.1. The van der Waals surface area contributed by atoms with E-state index in [1.807, 2.05) is 4.90 Å². The molecule has 1 N–H and O–H groups in total. The van der Waals surface area contributed by atoms with Crippen molar-refractivity contribution in [3.63, 3.8) is 0 Å². The smallest absolute Gasteiger partial charge is 0.317 e. The monoisotopic (exact) mass is 315 g/mol. The highest BCUT2D eigenvalue weighted by atomic mass is 16.5. The molecule has 2 aliphatic heterocycles. The van der Waals surface area contributed by atoms with Crippen LogP contribution in [0.2, 0.25) is 0 Å². The summed E-state index contributed by atoms with van der Waals surface area (Å²) in [5.41, 5.74) is 2.61. The quantitative estimate of drug-likeness (QED) is 0.925. The van der Waals surface area contributed by atoms with E-state index in [0.717, 1.165) is 45.3 Å². The Hall–Kier alpha value is -1.59. The minimum Gasteiger partial charge on any atom is -0.378 e. The first-order valence-electron chi connectivity index (χ1n) is 8.73. The van der Waals surface area contributed by atoms with Crippen molar-refractivity contribution in [2.75, 3.05) is 39.4 Å². The Bertz CT molecular complexity index is 556. The van der Waals surface area contributed by atoms with Gasteiger partial charge in [0.05, 0.1) is 19.3 Å². The first kappa shape index (κ1) is 15.0. The molecule has 1 aromatic rings. The molecule has 2 amide bonds. The number of carbonyl (C=O) groups excluding carboxylic acids is 1. The summed E-state index contributed by atoms with van der Waals surface area (Å²) < 4.78 is 5.53. The molecular formula is C18H25N3O2. The molecule has 0 spiro atoms. The fourth-order valence-electron chi connectivity index (χ4n) is 3.54. The normalized spacial score (nSPS) is 25.0. The minimum atomic E-state index is 0.0430. The van der Waals surface area contributed by atoms with E-state index in [4.69, 9.17) is 4.74 Å². The van der Waals surface area contributed by atoms with Crippen LogP contribution in [-0.4, -0.2) is 61.3 Å². The molecule has 1 atom stereocenters. The van der Waals surface area contributed by atoms with Gasteiger partial charge in [0.15, 0.2) is 0 Å². The van der Waals surface area contributed by atoms with Gasteiger partial charge in [-0.1, -0.05) is 24.3 Å². The lowest BCUT2D eigenvalue weighted by Gasteiger charge is -2.43. The highest BCUT2D eigenvalue weighted by Gasteiger charge is 2.31. The van der Waals surface area contributed by atoms with Crippen LogP contribution in [0.4, 0.5) is 4.79 Å². The standard InChI is InChI=1S/C18H25N3O2/c22-18(21-8-7-20-9-10-23-13-17(20)12-21)19-11-14-1-3-15(4-2-14)16-5-6-16/h1-4,16-17H,5-13H2,(H,19,22)/t17-/m0/s1. The summed E-state index contributed by atoms with van der Waals surface area (Å²) in [6.45, 7) is 5.69. The molecule has 4 rings (SSSR count). The molecule has 5 heteroatoms. The molecule has 0 aromatic heterocycles. The van der Waals surface area contributed by atoms with Crippen molar-refractivity contribution in [3.8, 4) is 0 Å². The first-order valence-corrected chi connectivity index (χ1v) is 8.73. The van der Waals surface area contributed by atoms with Gasteiger partial charge in [0.25, 0.3) is 0 Å². The average Bonchev–Trinajstić information content (AvgIpc) is 3.45. The Kier molecular flexibility index (Phi) is 4.23. The van der Waals surface area contributed by atoms with Crippen LogP contribution in [0.15, 0.2) is 24.3 Å². The zero-order valence-electron chi connectivity index (χ0n) is 13.5. The van der Waals surface area contributed by atoms with Crippen molar-refractivity contribution in [1.82, 2.24) is 15.1 Å². The predicted octanol–water partition coefficient (Wildman–Crippen LogP) is 1.79. The van der Waals surface area contributed by atoms with Crippen molar-refractivity contribution < 1.29 is 9.53 Å².